The van der Waals surface area contributed by atoms with E-state index >= 15 is 4.39 Å². The van der Waals surface area contributed by atoms with Crippen molar-refractivity contribution < 1.29 is 19.1 Å². The summed E-state index contributed by atoms with van der Waals surface area (Å²) in [7, 11) is 0. The number of rotatable bonds is 4. The van der Waals surface area contributed by atoms with Crippen LogP contribution in [-0.2, 0) is 9.59 Å². The van der Waals surface area contributed by atoms with E-state index in [-0.39, 0.29) is 29.3 Å². The summed E-state index contributed by atoms with van der Waals surface area (Å²) in [6, 6.07) is 4.85. The van der Waals surface area contributed by atoms with Crippen LogP contribution < -0.4 is 10.2 Å². The number of likely N-dealkylation sites (tertiary alicyclic amines) is 1. The third-order valence-electron chi connectivity index (χ3n) is 9.59. The summed E-state index contributed by atoms with van der Waals surface area (Å²) in [6.07, 6.45) is 6.83. The van der Waals surface area contributed by atoms with Crippen LogP contribution in [0.3, 0.4) is 0 Å². The van der Waals surface area contributed by atoms with Crippen LogP contribution in [0, 0.1) is 29.0 Å². The van der Waals surface area contributed by atoms with Gasteiger partial charge in [0.25, 0.3) is 0 Å². The molecule has 4 aliphatic carbocycles. The zero-order valence-corrected chi connectivity index (χ0v) is 19.4. The number of carbonyl (C=O) groups is 2. The number of nitrogens with one attached hydrogen (secondary N) is 1. The topological polar surface area (TPSA) is 72.9 Å². The number of piperidine rings is 1. The Morgan fingerprint density at radius 2 is 2.03 bits per heavy atom. The first-order valence-corrected chi connectivity index (χ1v) is 12.7. The number of amides is 2. The maximum atomic E-state index is 15.0. The highest BCUT2D eigenvalue weighted by Gasteiger charge is 2.65. The van der Waals surface area contributed by atoms with Gasteiger partial charge < -0.3 is 20.2 Å². The van der Waals surface area contributed by atoms with E-state index in [0.717, 1.165) is 58.0 Å². The largest absolute Gasteiger partial charge is 0.393 e. The van der Waals surface area contributed by atoms with E-state index in [9.17, 15) is 14.7 Å². The van der Waals surface area contributed by atoms with Crippen LogP contribution in [0.1, 0.15) is 58.3 Å². The minimum atomic E-state index is -0.438. The molecule has 6 nitrogen and oxygen atoms in total. The van der Waals surface area contributed by atoms with Gasteiger partial charge in [0, 0.05) is 37.3 Å². The quantitative estimate of drug-likeness (QED) is 0.729. The Bertz CT molecular complexity index is 997. The number of carbonyl (C=O) groups excluding carboxylic acids is 2. The first-order valence-electron chi connectivity index (χ1n) is 12.7. The number of anilines is 2. The fraction of sp³-hybridized carbons (Fsp3) is 0.692. The van der Waals surface area contributed by atoms with Gasteiger partial charge in [-0.05, 0) is 80.9 Å². The number of hydrogen-bond acceptors (Lipinski definition) is 4. The highest BCUT2D eigenvalue weighted by molar-refractivity contribution is 5.90. The molecule has 1 aromatic rings. The lowest BCUT2D eigenvalue weighted by atomic mass is 9.73. The van der Waals surface area contributed by atoms with Gasteiger partial charge in [0.15, 0.2) is 0 Å². The standard InChI is InChI=1S/C26H34FN3O3/c1-2-22(31)28-18-4-5-21(20(27)11-18)29-8-3-6-25(15-29)7-9-30(24(25)33)26-12-16-10-17(13-26)23(32)19(16)14-26/h4-5,11,16-17,19,23,32H,2-3,6-10,12-15H2,1H3,(H,28,31)/t16?,17?,19?,23?,25-,26?/m1/s1. The van der Waals surface area contributed by atoms with Crippen molar-refractivity contribution >= 4 is 23.2 Å². The molecule has 6 aliphatic rings. The third kappa shape index (κ3) is 3.14. The van der Waals surface area contributed by atoms with Crippen molar-refractivity contribution in [2.75, 3.05) is 29.9 Å². The number of aliphatic hydroxyl groups is 1. The summed E-state index contributed by atoms with van der Waals surface area (Å²) >= 11 is 0. The Balaban J connectivity index is 1.20. The number of benzene rings is 1. The first-order chi connectivity index (χ1) is 15.8. The van der Waals surface area contributed by atoms with Crippen molar-refractivity contribution in [1.29, 1.82) is 0 Å². The van der Waals surface area contributed by atoms with E-state index in [4.69, 9.17) is 0 Å². The number of aliphatic hydroxyl groups excluding tert-OH is 1. The Labute approximate surface area is 194 Å². The number of nitrogens with zero attached hydrogens (tertiary/aromatic N) is 2. The molecule has 4 bridgehead atoms. The summed E-state index contributed by atoms with van der Waals surface area (Å²) in [6.45, 7) is 3.84. The van der Waals surface area contributed by atoms with E-state index in [1.54, 1.807) is 19.1 Å². The molecule has 2 heterocycles. The minimum absolute atomic E-state index is 0.0509. The second-order valence-electron chi connectivity index (χ2n) is 11.3. The van der Waals surface area contributed by atoms with Crippen molar-refractivity contribution in [3.63, 3.8) is 0 Å². The fourth-order valence-electron chi connectivity index (χ4n) is 8.13. The van der Waals surface area contributed by atoms with Crippen molar-refractivity contribution in [1.82, 2.24) is 4.90 Å². The molecule has 6 atom stereocenters. The minimum Gasteiger partial charge on any atom is -0.393 e. The lowest BCUT2D eigenvalue weighted by Crippen LogP contribution is -2.56. The van der Waals surface area contributed by atoms with E-state index in [1.807, 2.05) is 4.90 Å². The molecule has 178 valence electrons. The summed E-state index contributed by atoms with van der Waals surface area (Å²) in [5.74, 6) is 1.06. The van der Waals surface area contributed by atoms with Crippen molar-refractivity contribution in [2.24, 2.45) is 23.2 Å². The van der Waals surface area contributed by atoms with Gasteiger partial charge in [-0.15, -0.1) is 0 Å². The summed E-state index contributed by atoms with van der Waals surface area (Å²) in [5, 5.41) is 13.3. The average molecular weight is 456 g/mol. The van der Waals surface area contributed by atoms with Gasteiger partial charge in [-0.25, -0.2) is 4.39 Å². The molecule has 4 saturated carbocycles. The Morgan fingerprint density at radius 3 is 2.76 bits per heavy atom. The molecule has 7 heteroatoms. The first kappa shape index (κ1) is 21.4. The summed E-state index contributed by atoms with van der Waals surface area (Å²) < 4.78 is 15.0. The predicted octanol–water partition coefficient (Wildman–Crippen LogP) is 3.54. The van der Waals surface area contributed by atoms with E-state index < -0.39 is 5.41 Å². The number of halogens is 1. The summed E-state index contributed by atoms with van der Waals surface area (Å²) in [5.41, 5.74) is 0.485. The molecule has 2 amide bonds. The molecule has 2 saturated heterocycles. The third-order valence-corrected chi connectivity index (χ3v) is 9.59. The molecule has 5 unspecified atom stereocenters. The second kappa shape index (κ2) is 7.42. The molecule has 1 spiro atoms. The molecular formula is C26H34FN3O3. The van der Waals surface area contributed by atoms with Crippen molar-refractivity contribution in [3.05, 3.63) is 24.0 Å². The van der Waals surface area contributed by atoms with Crippen LogP contribution in [0.25, 0.3) is 0 Å². The SMILES string of the molecule is CCC(=O)Nc1ccc(N2CCC[C@@]3(CCN(C45CC6CC(C4)C(C5)C6O)C3=O)C2)c(F)c1. The molecular weight excluding hydrogens is 421 g/mol. The summed E-state index contributed by atoms with van der Waals surface area (Å²) in [4.78, 5) is 29.8. The average Bonchev–Trinajstić information content (AvgIpc) is 3.33. The lowest BCUT2D eigenvalue weighted by molar-refractivity contribution is -0.144. The van der Waals surface area contributed by atoms with Gasteiger partial charge in [0.1, 0.15) is 5.82 Å². The molecule has 6 fully saturated rings. The van der Waals surface area contributed by atoms with Crippen molar-refractivity contribution in [2.45, 2.75) is 69.9 Å². The van der Waals surface area contributed by atoms with E-state index in [1.165, 1.54) is 6.07 Å². The van der Waals surface area contributed by atoms with E-state index in [0.29, 0.717) is 42.1 Å². The monoisotopic (exact) mass is 455 g/mol. The van der Waals surface area contributed by atoms with E-state index in [2.05, 4.69) is 10.2 Å². The molecule has 2 N–H and O–H groups in total. The molecule has 0 aromatic heterocycles. The van der Waals surface area contributed by atoms with Gasteiger partial charge in [0.2, 0.25) is 11.8 Å². The highest BCUT2D eigenvalue weighted by Crippen LogP contribution is 2.63. The predicted molar refractivity (Wildman–Crippen MR) is 123 cm³/mol. The zero-order chi connectivity index (χ0) is 23.0. The van der Waals surface area contributed by atoms with Crippen LogP contribution in [0.4, 0.5) is 15.8 Å². The Morgan fingerprint density at radius 1 is 1.21 bits per heavy atom. The molecule has 0 radical (unpaired) electrons. The van der Waals surface area contributed by atoms with Crippen LogP contribution in [0.5, 0.6) is 0 Å². The molecule has 1 aromatic carbocycles. The van der Waals surface area contributed by atoms with Crippen molar-refractivity contribution in [3.8, 4) is 0 Å². The van der Waals surface area contributed by atoms with Crippen LogP contribution >= 0.6 is 0 Å². The maximum absolute atomic E-state index is 15.0. The van der Waals surface area contributed by atoms with Crippen LogP contribution in [-0.4, -0.2) is 53.1 Å². The van der Waals surface area contributed by atoms with Gasteiger partial charge in [-0.3, -0.25) is 9.59 Å². The Hall–Kier alpha value is -2.15. The van der Waals surface area contributed by atoms with Gasteiger partial charge in [0.05, 0.1) is 17.2 Å². The number of hydrogen-bond donors (Lipinski definition) is 2. The molecule has 33 heavy (non-hydrogen) atoms. The lowest BCUT2D eigenvalue weighted by Gasteiger charge is -2.48. The zero-order valence-electron chi connectivity index (χ0n) is 19.4. The normalized spacial score (nSPS) is 39.2. The maximum Gasteiger partial charge on any atom is 0.231 e. The second-order valence-corrected chi connectivity index (χ2v) is 11.3. The molecule has 7 rings (SSSR count). The van der Waals surface area contributed by atoms with Gasteiger partial charge >= 0.3 is 0 Å². The van der Waals surface area contributed by atoms with Crippen LogP contribution in [0.2, 0.25) is 0 Å². The van der Waals surface area contributed by atoms with Gasteiger partial charge in [-0.2, -0.15) is 0 Å². The smallest absolute Gasteiger partial charge is 0.231 e. The van der Waals surface area contributed by atoms with Crippen LogP contribution in [0.15, 0.2) is 18.2 Å². The Kier molecular flexibility index (Phi) is 4.81. The highest BCUT2D eigenvalue weighted by atomic mass is 19.1. The fourth-order valence-corrected chi connectivity index (χ4v) is 8.13. The molecule has 2 aliphatic heterocycles. The van der Waals surface area contributed by atoms with Gasteiger partial charge in [-0.1, -0.05) is 6.92 Å².